The first-order valence-corrected chi connectivity index (χ1v) is 16.4. The number of hydrogen-bond donors (Lipinski definition) is 1. The van der Waals surface area contributed by atoms with Crippen molar-refractivity contribution in [2.45, 2.75) is 44.2 Å². The van der Waals surface area contributed by atoms with Gasteiger partial charge >= 0.3 is 0 Å². The molecule has 9 heteroatoms. The van der Waals surface area contributed by atoms with E-state index in [1.54, 1.807) is 30.3 Å². The lowest BCUT2D eigenvalue weighted by atomic mass is 10.0. The second-order valence-corrected chi connectivity index (χ2v) is 13.1. The van der Waals surface area contributed by atoms with Crippen LogP contribution in [0.2, 0.25) is 0 Å². The number of hydrogen-bond acceptors (Lipinski definition) is 4. The van der Waals surface area contributed by atoms with E-state index in [4.69, 9.17) is 0 Å². The summed E-state index contributed by atoms with van der Waals surface area (Å²) >= 11 is 3.50. The molecule has 0 aliphatic carbocycles. The highest BCUT2D eigenvalue weighted by Crippen LogP contribution is 2.25. The number of nitrogens with one attached hydrogen (secondary N) is 1. The molecule has 4 rings (SSSR count). The largest absolute Gasteiger partial charge is 0.354 e. The van der Waals surface area contributed by atoms with E-state index in [2.05, 4.69) is 21.2 Å². The Labute approximate surface area is 262 Å². The van der Waals surface area contributed by atoms with Crippen LogP contribution >= 0.6 is 15.9 Å². The summed E-state index contributed by atoms with van der Waals surface area (Å²) in [5.41, 5.74) is 3.01. The van der Waals surface area contributed by atoms with Gasteiger partial charge in [-0.05, 0) is 60.9 Å². The van der Waals surface area contributed by atoms with Crippen LogP contribution in [0.1, 0.15) is 30.0 Å². The molecule has 1 N–H and O–H groups in total. The molecule has 0 fully saturated rings. The lowest BCUT2D eigenvalue weighted by Crippen LogP contribution is -2.53. The Bertz CT molecular complexity index is 1610. The zero-order valence-electron chi connectivity index (χ0n) is 24.3. The molecule has 7 nitrogen and oxygen atoms in total. The van der Waals surface area contributed by atoms with Crippen molar-refractivity contribution in [3.8, 4) is 0 Å². The van der Waals surface area contributed by atoms with Gasteiger partial charge in [-0.1, -0.05) is 101 Å². The van der Waals surface area contributed by atoms with E-state index in [9.17, 15) is 18.0 Å². The quantitative estimate of drug-likeness (QED) is 0.187. The fraction of sp³-hybridized carbons (Fsp3) is 0.235. The fourth-order valence-corrected chi connectivity index (χ4v) is 6.59. The predicted molar refractivity (Wildman–Crippen MR) is 174 cm³/mol. The number of carbonyl (C=O) groups excluding carboxylic acids is 2. The first-order chi connectivity index (χ1) is 20.7. The number of sulfonamides is 1. The highest BCUT2D eigenvalue weighted by atomic mass is 79.9. The van der Waals surface area contributed by atoms with Crippen molar-refractivity contribution in [3.63, 3.8) is 0 Å². The number of amides is 2. The predicted octanol–water partition coefficient (Wildman–Crippen LogP) is 6.12. The molecule has 2 amide bonds. The van der Waals surface area contributed by atoms with Crippen LogP contribution in [0, 0.1) is 6.92 Å². The van der Waals surface area contributed by atoms with E-state index in [0.29, 0.717) is 12.2 Å². The van der Waals surface area contributed by atoms with Gasteiger partial charge in [-0.15, -0.1) is 0 Å². The van der Waals surface area contributed by atoms with Crippen LogP contribution in [-0.4, -0.2) is 44.3 Å². The van der Waals surface area contributed by atoms with Crippen molar-refractivity contribution in [2.75, 3.05) is 17.4 Å². The number of nitrogens with zero attached hydrogens (tertiary/aromatic N) is 2. The lowest BCUT2D eigenvalue weighted by molar-refractivity contribution is -0.140. The summed E-state index contributed by atoms with van der Waals surface area (Å²) in [6, 6.07) is 31.2. The SMILES string of the molecule is CCCNC(=O)[C@@H](Cc1ccccc1)N(Cc1cccc(Br)c1)C(=O)CN(c1ccc(C)cc1)S(=O)(=O)c1ccccc1. The smallest absolute Gasteiger partial charge is 0.264 e. The van der Waals surface area contributed by atoms with Gasteiger partial charge in [0, 0.05) is 24.0 Å². The molecule has 0 aliphatic heterocycles. The molecular formula is C34H36BrN3O4S. The number of halogens is 1. The number of carbonyl (C=O) groups is 2. The summed E-state index contributed by atoms with van der Waals surface area (Å²) in [4.78, 5) is 29.6. The molecule has 4 aromatic carbocycles. The van der Waals surface area contributed by atoms with Gasteiger partial charge in [0.05, 0.1) is 10.6 Å². The zero-order chi connectivity index (χ0) is 30.8. The normalized spacial score (nSPS) is 11.9. The molecule has 0 radical (unpaired) electrons. The molecule has 43 heavy (non-hydrogen) atoms. The van der Waals surface area contributed by atoms with Crippen molar-refractivity contribution in [2.24, 2.45) is 0 Å². The van der Waals surface area contributed by atoms with Gasteiger partial charge in [-0.2, -0.15) is 0 Å². The Balaban J connectivity index is 1.78. The Morgan fingerprint density at radius 2 is 1.47 bits per heavy atom. The number of anilines is 1. The molecule has 4 aromatic rings. The van der Waals surface area contributed by atoms with E-state index in [1.165, 1.54) is 17.0 Å². The Morgan fingerprint density at radius 1 is 0.837 bits per heavy atom. The minimum absolute atomic E-state index is 0.0726. The van der Waals surface area contributed by atoms with Crippen LogP contribution in [0.5, 0.6) is 0 Å². The topological polar surface area (TPSA) is 86.8 Å². The van der Waals surface area contributed by atoms with Gasteiger partial charge in [0.15, 0.2) is 0 Å². The third-order valence-electron chi connectivity index (χ3n) is 6.99. The number of aryl methyl sites for hydroxylation is 1. The van der Waals surface area contributed by atoms with Gasteiger partial charge < -0.3 is 10.2 Å². The standard InChI is InChI=1S/C34H36BrN3O4S/c1-3-21-36-34(40)32(23-27-11-6-4-7-12-27)37(24-28-13-10-14-29(35)22-28)33(39)25-38(30-19-17-26(2)18-20-30)43(41,42)31-15-8-5-9-16-31/h4-20,22,32H,3,21,23-25H2,1-2H3,(H,36,40)/t32-/m1/s1. The third-order valence-corrected chi connectivity index (χ3v) is 9.28. The fourth-order valence-electron chi connectivity index (χ4n) is 4.71. The van der Waals surface area contributed by atoms with Gasteiger partial charge in [-0.3, -0.25) is 13.9 Å². The second kappa shape index (κ2) is 15.0. The molecule has 0 saturated heterocycles. The summed E-state index contributed by atoms with van der Waals surface area (Å²) in [5, 5.41) is 2.96. The summed E-state index contributed by atoms with van der Waals surface area (Å²) in [6.07, 6.45) is 1.01. The van der Waals surface area contributed by atoms with E-state index < -0.39 is 28.5 Å². The van der Waals surface area contributed by atoms with Gasteiger partial charge in [0.1, 0.15) is 12.6 Å². The number of benzene rings is 4. The number of rotatable bonds is 13. The summed E-state index contributed by atoms with van der Waals surface area (Å²) in [7, 11) is -4.12. The molecule has 0 aromatic heterocycles. The van der Waals surface area contributed by atoms with Gasteiger partial charge in [0.2, 0.25) is 11.8 Å². The molecular weight excluding hydrogens is 626 g/mol. The van der Waals surface area contributed by atoms with E-state index in [0.717, 1.165) is 31.9 Å². The molecule has 0 aliphatic rings. The van der Waals surface area contributed by atoms with Crippen LogP contribution in [0.3, 0.4) is 0 Å². The van der Waals surface area contributed by atoms with Crippen LogP contribution in [0.25, 0.3) is 0 Å². The average Bonchev–Trinajstić information content (AvgIpc) is 3.01. The van der Waals surface area contributed by atoms with E-state index >= 15 is 0 Å². The minimum atomic E-state index is -4.12. The molecule has 0 heterocycles. The highest BCUT2D eigenvalue weighted by molar-refractivity contribution is 9.10. The summed E-state index contributed by atoms with van der Waals surface area (Å²) in [5.74, 6) is -0.783. The molecule has 0 bridgehead atoms. The van der Waals surface area contributed by atoms with Crippen LogP contribution in [0.15, 0.2) is 119 Å². The Hall–Kier alpha value is -3.95. The van der Waals surface area contributed by atoms with Crippen molar-refractivity contribution in [3.05, 3.63) is 130 Å². The summed E-state index contributed by atoms with van der Waals surface area (Å²) < 4.78 is 29.9. The third kappa shape index (κ3) is 8.55. The molecule has 0 saturated carbocycles. The maximum Gasteiger partial charge on any atom is 0.264 e. The summed E-state index contributed by atoms with van der Waals surface area (Å²) in [6.45, 7) is 3.96. The van der Waals surface area contributed by atoms with Crippen molar-refractivity contribution < 1.29 is 18.0 Å². The zero-order valence-corrected chi connectivity index (χ0v) is 26.7. The van der Waals surface area contributed by atoms with Gasteiger partial charge in [-0.25, -0.2) is 8.42 Å². The highest BCUT2D eigenvalue weighted by Gasteiger charge is 2.34. The molecule has 0 unspecified atom stereocenters. The average molecular weight is 663 g/mol. The van der Waals surface area contributed by atoms with E-state index in [-0.39, 0.29) is 23.8 Å². The van der Waals surface area contributed by atoms with E-state index in [1.807, 2.05) is 80.6 Å². The Morgan fingerprint density at radius 3 is 2.09 bits per heavy atom. The van der Waals surface area contributed by atoms with Crippen LogP contribution < -0.4 is 9.62 Å². The molecule has 224 valence electrons. The van der Waals surface area contributed by atoms with Gasteiger partial charge in [0.25, 0.3) is 10.0 Å². The Kier molecular flexibility index (Phi) is 11.1. The maximum absolute atomic E-state index is 14.4. The van der Waals surface area contributed by atoms with Crippen molar-refractivity contribution >= 4 is 43.5 Å². The maximum atomic E-state index is 14.4. The first kappa shape index (κ1) is 32.0. The molecule has 1 atom stereocenters. The van der Waals surface area contributed by atoms with Crippen LogP contribution in [-0.2, 0) is 32.6 Å². The van der Waals surface area contributed by atoms with Crippen LogP contribution in [0.4, 0.5) is 5.69 Å². The minimum Gasteiger partial charge on any atom is -0.354 e. The van der Waals surface area contributed by atoms with Crippen molar-refractivity contribution in [1.29, 1.82) is 0 Å². The molecule has 0 spiro atoms. The monoisotopic (exact) mass is 661 g/mol. The van der Waals surface area contributed by atoms with Crippen molar-refractivity contribution in [1.82, 2.24) is 10.2 Å². The second-order valence-electron chi connectivity index (χ2n) is 10.3. The lowest BCUT2D eigenvalue weighted by Gasteiger charge is -2.34. The first-order valence-electron chi connectivity index (χ1n) is 14.2.